The van der Waals surface area contributed by atoms with Gasteiger partial charge in [-0.1, -0.05) is 62.4 Å². The number of carbonyl (C=O) groups excluding carboxylic acids is 6. The van der Waals surface area contributed by atoms with Crippen LogP contribution in [0.5, 0.6) is 0 Å². The number of carbonyl (C=O) groups is 6. The SMILES string of the molecule is CC(=O)O[C@@]12CO[C@@H]1C[C@H](O)[C@@]1(C)C(=O)[C@H](O)C3=C(C)[C@@H](OC(=O)[C@H](OC(=O)OCCS)[C@@H](NC(=O)OC(C)(C)C)c4ccccc4)C[C@@](O)([C@@H](OC(=O)c4ccccc4)[C@H]21)C3(C)C. The number of fused-ring (bicyclic) bond motifs is 5. The molecule has 0 spiro atoms. The van der Waals surface area contributed by atoms with Crippen LogP contribution in [0.1, 0.15) is 90.2 Å². The molecule has 2 saturated carbocycles. The summed E-state index contributed by atoms with van der Waals surface area (Å²) in [5, 5.41) is 40.5. The summed E-state index contributed by atoms with van der Waals surface area (Å²) in [6.07, 6.45) is -13.2. The predicted molar refractivity (Wildman–Crippen MR) is 228 cm³/mol. The molecule has 1 saturated heterocycles. The van der Waals surface area contributed by atoms with Gasteiger partial charge in [-0.2, -0.15) is 12.6 Å². The third-order valence-electron chi connectivity index (χ3n) is 13.1. The maximum absolute atomic E-state index is 15.1. The summed E-state index contributed by atoms with van der Waals surface area (Å²) in [7, 11) is 0. The van der Waals surface area contributed by atoms with Crippen LogP contribution in [-0.2, 0) is 47.5 Å². The van der Waals surface area contributed by atoms with Crippen molar-refractivity contribution in [3.63, 3.8) is 0 Å². The Morgan fingerprint density at radius 1 is 0.969 bits per heavy atom. The number of hydrogen-bond acceptors (Lipinski definition) is 17. The Bertz CT molecular complexity index is 2160. The first kappa shape index (κ1) is 48.4. The molecule has 6 rings (SSSR count). The lowest BCUT2D eigenvalue weighted by atomic mass is 9.44. The van der Waals surface area contributed by atoms with Crippen molar-refractivity contribution in [2.45, 2.75) is 128 Å². The highest BCUT2D eigenvalue weighted by molar-refractivity contribution is 7.80. The van der Waals surface area contributed by atoms with E-state index in [0.29, 0.717) is 0 Å². The lowest BCUT2D eigenvalue weighted by molar-refractivity contribution is -0.346. The summed E-state index contributed by atoms with van der Waals surface area (Å²) >= 11 is 4.06. The number of aliphatic hydroxyl groups is 3. The molecule has 2 aromatic carbocycles. The number of rotatable bonds is 11. The third kappa shape index (κ3) is 8.74. The lowest BCUT2D eigenvalue weighted by Gasteiger charge is -2.67. The molecule has 18 heteroatoms. The second-order valence-electron chi connectivity index (χ2n) is 18.5. The summed E-state index contributed by atoms with van der Waals surface area (Å²) in [5.41, 5.74) is -8.61. The monoisotopic (exact) mass is 911 g/mol. The van der Waals surface area contributed by atoms with Crippen LogP contribution in [0, 0.1) is 16.7 Å². The number of nitrogens with one attached hydrogen (secondary N) is 1. The Hall–Kier alpha value is -5.01. The fourth-order valence-corrected chi connectivity index (χ4v) is 10.0. The summed E-state index contributed by atoms with van der Waals surface area (Å²) < 4.78 is 40.6. The molecule has 0 unspecified atom stereocenters. The number of esters is 3. The van der Waals surface area contributed by atoms with Crippen molar-refractivity contribution < 1.29 is 77.2 Å². The molecule has 2 aromatic rings. The van der Waals surface area contributed by atoms with Gasteiger partial charge >= 0.3 is 30.2 Å². The molecular weight excluding hydrogens is 855 g/mol. The fourth-order valence-electron chi connectivity index (χ4n) is 9.93. The minimum Gasteiger partial charge on any atom is -0.455 e. The molecule has 0 aromatic heterocycles. The number of Topliss-reactive ketones (excluding diaryl/α,β-unsaturated/α-hetero) is 1. The molecule has 3 aliphatic carbocycles. The van der Waals surface area contributed by atoms with Gasteiger partial charge in [0.15, 0.2) is 11.4 Å². The van der Waals surface area contributed by atoms with E-state index < -0.39 is 119 Å². The average molecular weight is 912 g/mol. The number of benzene rings is 2. The standard InChI is InChI=1S/C46H57NO16S/c1-24-28(59-39(53)34(60-41(55)57-19-20-64)32(26-15-11-9-12-16-26)47-40(54)63-42(3,4)5)22-46(56)37(61-38(52)27-17-13-10-14-18-27)35-44(8,36(51)33(50)31(24)43(46,6)7)29(49)21-30-45(35,23-58-30)62-25(2)48/h9-18,28-30,32-35,37,49-50,56,64H,19-23H2,1-8H3,(H,47,54)/t28-,29-,30+,32-,33+,34+,35-,37-,44+,45-,46+/m0/s1. The molecule has 1 amide bonds. The smallest absolute Gasteiger partial charge is 0.455 e. The number of alkyl carbamates (subject to hydrolysis) is 1. The summed E-state index contributed by atoms with van der Waals surface area (Å²) in [5.74, 6) is -5.42. The fraction of sp³-hybridized carbons (Fsp3) is 0.565. The largest absolute Gasteiger partial charge is 0.509 e. The van der Waals surface area contributed by atoms with Crippen LogP contribution >= 0.6 is 12.6 Å². The topological polar surface area (TPSA) is 240 Å². The number of hydrogen-bond donors (Lipinski definition) is 5. The van der Waals surface area contributed by atoms with Gasteiger partial charge in [-0.05, 0) is 63.5 Å². The first-order chi connectivity index (χ1) is 29.9. The molecule has 4 aliphatic rings. The molecule has 1 heterocycles. The molecule has 1 aliphatic heterocycles. The maximum Gasteiger partial charge on any atom is 0.509 e. The Kier molecular flexibility index (Phi) is 13.7. The van der Waals surface area contributed by atoms with Gasteiger partial charge in [0.2, 0.25) is 6.10 Å². The Balaban J connectivity index is 1.52. The first-order valence-electron chi connectivity index (χ1n) is 21.0. The van der Waals surface area contributed by atoms with E-state index in [4.69, 9.17) is 33.2 Å². The molecule has 3 fully saturated rings. The van der Waals surface area contributed by atoms with Crippen molar-refractivity contribution >= 4 is 48.6 Å². The van der Waals surface area contributed by atoms with Crippen molar-refractivity contribution in [1.29, 1.82) is 0 Å². The van der Waals surface area contributed by atoms with E-state index in [1.54, 1.807) is 69.3 Å². The third-order valence-corrected chi connectivity index (χ3v) is 13.3. The van der Waals surface area contributed by atoms with E-state index in [-0.39, 0.29) is 47.7 Å². The lowest BCUT2D eigenvalue weighted by Crippen LogP contribution is -2.81. The summed E-state index contributed by atoms with van der Waals surface area (Å²) in [4.78, 5) is 83.6. The summed E-state index contributed by atoms with van der Waals surface area (Å²) in [6.45, 7) is 11.4. The number of ketones is 1. The zero-order valence-corrected chi connectivity index (χ0v) is 37.9. The van der Waals surface area contributed by atoms with Gasteiger partial charge in [-0.25, -0.2) is 19.2 Å². The van der Waals surface area contributed by atoms with Gasteiger partial charge in [-0.15, -0.1) is 0 Å². The molecule has 2 bridgehead atoms. The van der Waals surface area contributed by atoms with Gasteiger partial charge in [0, 0.05) is 30.9 Å². The van der Waals surface area contributed by atoms with E-state index in [0.717, 1.165) is 6.92 Å². The zero-order chi connectivity index (χ0) is 47.2. The van der Waals surface area contributed by atoms with E-state index >= 15 is 4.79 Å². The van der Waals surface area contributed by atoms with E-state index in [1.165, 1.54) is 39.8 Å². The van der Waals surface area contributed by atoms with Crippen LogP contribution in [-0.4, -0.2) is 124 Å². The Morgan fingerprint density at radius 2 is 1.59 bits per heavy atom. The van der Waals surface area contributed by atoms with E-state index in [2.05, 4.69) is 17.9 Å². The predicted octanol–water partition coefficient (Wildman–Crippen LogP) is 4.35. The van der Waals surface area contributed by atoms with Crippen molar-refractivity contribution in [3.05, 3.63) is 82.9 Å². The van der Waals surface area contributed by atoms with Crippen LogP contribution in [0.3, 0.4) is 0 Å². The van der Waals surface area contributed by atoms with E-state index in [9.17, 15) is 39.3 Å². The molecule has 4 N–H and O–H groups in total. The molecule has 0 radical (unpaired) electrons. The first-order valence-corrected chi connectivity index (χ1v) is 21.7. The average Bonchev–Trinajstić information content (AvgIpc) is 3.22. The minimum atomic E-state index is -2.43. The van der Waals surface area contributed by atoms with Crippen molar-refractivity contribution in [1.82, 2.24) is 5.32 Å². The minimum absolute atomic E-state index is 0.0540. The van der Waals surface area contributed by atoms with Crippen LogP contribution in [0.25, 0.3) is 0 Å². The zero-order valence-electron chi connectivity index (χ0n) is 37.0. The van der Waals surface area contributed by atoms with Gasteiger partial charge in [-0.3, -0.25) is 9.59 Å². The summed E-state index contributed by atoms with van der Waals surface area (Å²) in [6, 6.07) is 14.4. The number of aliphatic hydroxyl groups excluding tert-OH is 2. The van der Waals surface area contributed by atoms with Gasteiger partial charge in [0.05, 0.1) is 29.6 Å². The normalized spacial score (nSPS) is 31.5. The van der Waals surface area contributed by atoms with Crippen LogP contribution in [0.2, 0.25) is 0 Å². The second-order valence-corrected chi connectivity index (χ2v) is 18.9. The highest BCUT2D eigenvalue weighted by atomic mass is 32.1. The van der Waals surface area contributed by atoms with Crippen LogP contribution in [0.15, 0.2) is 71.8 Å². The Labute approximate surface area is 376 Å². The molecule has 11 atom stereocenters. The van der Waals surface area contributed by atoms with Crippen LogP contribution in [0.4, 0.5) is 9.59 Å². The molecular formula is C46H57NO16S. The Morgan fingerprint density at radius 3 is 2.16 bits per heavy atom. The second kappa shape index (κ2) is 18.1. The van der Waals surface area contributed by atoms with Gasteiger partial charge in [0.1, 0.15) is 48.3 Å². The highest BCUT2D eigenvalue weighted by Crippen LogP contribution is 2.64. The molecule has 348 valence electrons. The van der Waals surface area contributed by atoms with Crippen molar-refractivity contribution in [2.24, 2.45) is 16.7 Å². The van der Waals surface area contributed by atoms with Gasteiger partial charge in [0.25, 0.3) is 0 Å². The number of thiol groups is 1. The van der Waals surface area contributed by atoms with Crippen molar-refractivity contribution in [2.75, 3.05) is 19.0 Å². The quantitative estimate of drug-likeness (QED) is 0.0912. The molecule has 17 nitrogen and oxygen atoms in total. The van der Waals surface area contributed by atoms with E-state index in [1.807, 2.05) is 0 Å². The maximum atomic E-state index is 15.1. The molecule has 64 heavy (non-hydrogen) atoms. The van der Waals surface area contributed by atoms with Gasteiger partial charge < -0.3 is 53.8 Å². The number of ether oxygens (including phenoxy) is 7. The van der Waals surface area contributed by atoms with Crippen LogP contribution < -0.4 is 5.32 Å². The highest BCUT2D eigenvalue weighted by Gasteiger charge is 2.78. The van der Waals surface area contributed by atoms with Crippen molar-refractivity contribution in [3.8, 4) is 0 Å². The number of amides is 1.